The highest BCUT2D eigenvalue weighted by Gasteiger charge is 2.48. The quantitative estimate of drug-likeness (QED) is 0.174. The summed E-state index contributed by atoms with van der Waals surface area (Å²) in [7, 11) is -2.84. The molecule has 0 N–H and O–H groups in total. The van der Waals surface area contributed by atoms with Crippen LogP contribution in [0.3, 0.4) is 0 Å². The molecule has 188 valence electrons. The fraction of sp³-hybridized carbons (Fsp3) is 0.708. The van der Waals surface area contributed by atoms with Crippen LogP contribution >= 0.6 is 8.25 Å². The first-order valence-electron chi connectivity index (χ1n) is 12.1. The van der Waals surface area contributed by atoms with Crippen molar-refractivity contribution in [1.82, 2.24) is 0 Å². The van der Waals surface area contributed by atoms with Crippen LogP contribution in [0, 0.1) is 0 Å². The number of benzene rings is 1. The molecule has 33 heavy (non-hydrogen) atoms. The van der Waals surface area contributed by atoms with Crippen LogP contribution in [0.5, 0.6) is 5.75 Å². The first kappa shape index (κ1) is 27.8. The van der Waals surface area contributed by atoms with E-state index in [0.717, 1.165) is 38.5 Å². The first-order valence-corrected chi connectivity index (χ1v) is 13.3. The number of carbonyl (C=O) groups excluding carboxylic acids is 1. The minimum Gasteiger partial charge on any atom is -0.455 e. The molecule has 1 aromatic rings. The highest BCUT2D eigenvalue weighted by atomic mass is 31.1. The van der Waals surface area contributed by atoms with Crippen LogP contribution in [-0.2, 0) is 32.8 Å². The summed E-state index contributed by atoms with van der Waals surface area (Å²) < 4.78 is 46.9. The van der Waals surface area contributed by atoms with E-state index < -0.39 is 38.6 Å². The van der Waals surface area contributed by atoms with Crippen molar-refractivity contribution in [2.45, 2.75) is 83.7 Å². The maximum Gasteiger partial charge on any atom is 0.367 e. The van der Waals surface area contributed by atoms with Gasteiger partial charge >= 0.3 is 14.2 Å². The minimum absolute atomic E-state index is 0.123. The maximum atomic E-state index is 12.8. The lowest BCUT2D eigenvalue weighted by Gasteiger charge is -2.40. The van der Waals surface area contributed by atoms with Gasteiger partial charge in [-0.15, -0.1) is 0 Å². The average molecular weight is 487 g/mol. The van der Waals surface area contributed by atoms with E-state index >= 15 is 0 Å². The lowest BCUT2D eigenvalue weighted by molar-refractivity contribution is -0.230. The second-order valence-electron chi connectivity index (χ2n) is 7.97. The summed E-state index contributed by atoms with van der Waals surface area (Å²) in [4.78, 5) is 12.8. The summed E-state index contributed by atoms with van der Waals surface area (Å²) in [6.07, 6.45) is 2.55. The summed E-state index contributed by atoms with van der Waals surface area (Å²) in [5, 5.41) is 0. The Hall–Kier alpha value is -1.44. The van der Waals surface area contributed by atoms with E-state index in [1.54, 1.807) is 24.3 Å². The number of rotatable bonds is 17. The number of hydrogen-bond acceptors (Lipinski definition) is 8. The molecule has 5 atom stereocenters. The summed E-state index contributed by atoms with van der Waals surface area (Å²) in [6.45, 7) is 7.49. The fourth-order valence-corrected chi connectivity index (χ4v) is 4.01. The predicted octanol–water partition coefficient (Wildman–Crippen LogP) is 4.95. The van der Waals surface area contributed by atoms with Crippen LogP contribution in [0.2, 0.25) is 0 Å². The monoisotopic (exact) mass is 486 g/mol. The molecule has 2 rings (SSSR count). The van der Waals surface area contributed by atoms with Gasteiger partial charge in [0.25, 0.3) is 0 Å². The third-order valence-electron chi connectivity index (χ3n) is 5.21. The second-order valence-corrected chi connectivity index (χ2v) is 8.97. The molecule has 8 nitrogen and oxygen atoms in total. The highest BCUT2D eigenvalue weighted by molar-refractivity contribution is 7.33. The first-order chi connectivity index (χ1) is 16.1. The van der Waals surface area contributed by atoms with Gasteiger partial charge in [0, 0.05) is 19.8 Å². The molecule has 0 aromatic heterocycles. The van der Waals surface area contributed by atoms with Crippen molar-refractivity contribution in [3.8, 4) is 5.75 Å². The highest BCUT2D eigenvalue weighted by Crippen LogP contribution is 2.31. The molecule has 1 heterocycles. The molecule has 0 aliphatic carbocycles. The molecule has 1 aliphatic rings. The van der Waals surface area contributed by atoms with E-state index in [0.29, 0.717) is 25.6 Å². The number of hydrogen-bond donors (Lipinski definition) is 0. The Morgan fingerprint density at radius 3 is 2.03 bits per heavy atom. The molecule has 0 amide bonds. The van der Waals surface area contributed by atoms with Gasteiger partial charge in [0.1, 0.15) is 18.0 Å². The number of cyclic esters (lactones) is 1. The topological polar surface area (TPSA) is 89.5 Å². The molecule has 0 saturated carbocycles. The maximum absolute atomic E-state index is 12.8. The molecular weight excluding hydrogens is 447 g/mol. The van der Waals surface area contributed by atoms with Crippen molar-refractivity contribution in [2.75, 3.05) is 26.4 Å². The van der Waals surface area contributed by atoms with E-state index in [9.17, 15) is 9.36 Å². The van der Waals surface area contributed by atoms with Crippen LogP contribution in [0.25, 0.3) is 0 Å². The zero-order valence-corrected chi connectivity index (χ0v) is 21.0. The van der Waals surface area contributed by atoms with Gasteiger partial charge in [0.05, 0.1) is 6.61 Å². The molecule has 3 unspecified atom stereocenters. The molecule has 0 spiro atoms. The zero-order chi connectivity index (χ0) is 23.9. The lowest BCUT2D eigenvalue weighted by Crippen LogP contribution is -2.59. The molecule has 1 fully saturated rings. The molecule has 1 saturated heterocycles. The Morgan fingerprint density at radius 1 is 0.848 bits per heavy atom. The van der Waals surface area contributed by atoms with Gasteiger partial charge in [0.2, 0.25) is 0 Å². The van der Waals surface area contributed by atoms with Crippen LogP contribution in [0.1, 0.15) is 59.3 Å². The number of ether oxygens (including phenoxy) is 4. The molecule has 1 aromatic carbocycles. The SMILES string of the molecule is CCCCOC1C(=O)OC(CO[PH](=O)Oc2ccccc2)[C@@H](OCCCC)[C@@H]1OCCCC. The normalized spacial score (nSPS) is 23.8. The van der Waals surface area contributed by atoms with Crippen LogP contribution in [0.15, 0.2) is 30.3 Å². The van der Waals surface area contributed by atoms with E-state index in [2.05, 4.69) is 20.8 Å². The molecule has 1 aliphatic heterocycles. The van der Waals surface area contributed by atoms with E-state index in [4.69, 9.17) is 28.0 Å². The Bertz CT molecular complexity index is 686. The number of esters is 1. The number of para-hydroxylation sites is 1. The minimum atomic E-state index is -2.84. The van der Waals surface area contributed by atoms with E-state index in [-0.39, 0.29) is 6.61 Å². The molecule has 0 bridgehead atoms. The second kappa shape index (κ2) is 16.2. The zero-order valence-electron chi connectivity index (χ0n) is 20.0. The lowest BCUT2D eigenvalue weighted by atomic mass is 9.99. The summed E-state index contributed by atoms with van der Waals surface area (Å²) in [5.41, 5.74) is 0. The third-order valence-corrected chi connectivity index (χ3v) is 6.01. The van der Waals surface area contributed by atoms with Crippen molar-refractivity contribution < 1.29 is 37.4 Å². The smallest absolute Gasteiger partial charge is 0.367 e. The average Bonchev–Trinajstić information content (AvgIpc) is 2.81. The number of unbranched alkanes of at least 4 members (excludes halogenated alkanes) is 3. The Kier molecular flexibility index (Phi) is 13.7. The predicted molar refractivity (Wildman–Crippen MR) is 126 cm³/mol. The van der Waals surface area contributed by atoms with Crippen LogP contribution in [0.4, 0.5) is 0 Å². The van der Waals surface area contributed by atoms with Gasteiger partial charge in [-0.25, -0.2) is 9.36 Å². The van der Waals surface area contributed by atoms with Crippen LogP contribution < -0.4 is 4.52 Å². The summed E-state index contributed by atoms with van der Waals surface area (Å²) >= 11 is 0. The number of carbonyl (C=O) groups is 1. The van der Waals surface area contributed by atoms with Crippen molar-refractivity contribution in [1.29, 1.82) is 0 Å². The van der Waals surface area contributed by atoms with Crippen molar-refractivity contribution in [3.05, 3.63) is 30.3 Å². The summed E-state index contributed by atoms with van der Waals surface area (Å²) in [5.74, 6) is -0.0665. The van der Waals surface area contributed by atoms with Gasteiger partial charge in [0.15, 0.2) is 12.2 Å². The molecular formula is C24H39O8P. The van der Waals surface area contributed by atoms with Crippen molar-refractivity contribution in [2.24, 2.45) is 0 Å². The molecule has 0 radical (unpaired) electrons. The fourth-order valence-electron chi connectivity index (χ4n) is 3.32. The van der Waals surface area contributed by atoms with E-state index in [1.165, 1.54) is 0 Å². The Balaban J connectivity index is 2.09. The van der Waals surface area contributed by atoms with Gasteiger partial charge in [-0.3, -0.25) is 4.52 Å². The standard InChI is InChI=1S/C24H39O8P/c1-4-7-15-27-21-20(18-30-33(26)32-19-13-11-10-12-14-19)31-24(25)23(29-17-9-6-3)22(21)28-16-8-5-2/h10-14,20-23,33H,4-9,15-18H2,1-3H3/t20?,21-,22+,23?/m1/s1. The van der Waals surface area contributed by atoms with Gasteiger partial charge in [-0.05, 0) is 31.4 Å². The molecule has 9 heteroatoms. The van der Waals surface area contributed by atoms with E-state index in [1.807, 2.05) is 6.07 Å². The van der Waals surface area contributed by atoms with Gasteiger partial charge < -0.3 is 23.5 Å². The van der Waals surface area contributed by atoms with Crippen LogP contribution in [-0.4, -0.2) is 56.8 Å². The van der Waals surface area contributed by atoms with Gasteiger partial charge in [-0.2, -0.15) is 0 Å². The van der Waals surface area contributed by atoms with Gasteiger partial charge in [-0.1, -0.05) is 58.2 Å². The summed E-state index contributed by atoms with van der Waals surface area (Å²) in [6, 6.07) is 8.78. The Morgan fingerprint density at radius 2 is 1.42 bits per heavy atom. The Labute approximate surface area is 198 Å². The largest absolute Gasteiger partial charge is 0.455 e. The van der Waals surface area contributed by atoms with Crippen molar-refractivity contribution >= 4 is 14.2 Å². The van der Waals surface area contributed by atoms with Crippen molar-refractivity contribution in [3.63, 3.8) is 0 Å². The third kappa shape index (κ3) is 9.75.